The van der Waals surface area contributed by atoms with Crippen molar-refractivity contribution in [1.82, 2.24) is 4.90 Å². The zero-order valence-corrected chi connectivity index (χ0v) is 12.6. The van der Waals surface area contributed by atoms with Gasteiger partial charge in [0.15, 0.2) is 0 Å². The van der Waals surface area contributed by atoms with Gasteiger partial charge in [0.25, 0.3) is 0 Å². The fraction of sp³-hybridized carbons (Fsp3) is 0.500. The Hall–Kier alpha value is -1.88. The zero-order valence-electron chi connectivity index (χ0n) is 12.6. The second-order valence-corrected chi connectivity index (χ2v) is 5.90. The summed E-state index contributed by atoms with van der Waals surface area (Å²) in [6.07, 6.45) is 1.51. The van der Waals surface area contributed by atoms with Crippen LogP contribution in [-0.4, -0.2) is 29.3 Å². The third-order valence-corrected chi connectivity index (χ3v) is 4.27. The summed E-state index contributed by atoms with van der Waals surface area (Å²) in [4.78, 5) is 25.7. The maximum Gasteiger partial charge on any atom is 0.244 e. The first-order valence-corrected chi connectivity index (χ1v) is 7.32. The molecular weight excluding hydrogens is 266 g/mol. The van der Waals surface area contributed by atoms with Crippen LogP contribution in [0.2, 0.25) is 0 Å². The normalized spacial score (nSPS) is 23.7. The van der Waals surface area contributed by atoms with Crippen molar-refractivity contribution in [3.8, 4) is 0 Å². The second-order valence-electron chi connectivity index (χ2n) is 5.90. The van der Waals surface area contributed by atoms with Crippen LogP contribution in [0.25, 0.3) is 0 Å². The van der Waals surface area contributed by atoms with Gasteiger partial charge in [0.1, 0.15) is 6.04 Å². The molecule has 0 aliphatic carbocycles. The number of amides is 2. The number of piperidine rings is 1. The topological polar surface area (TPSA) is 89.4 Å². The summed E-state index contributed by atoms with van der Waals surface area (Å²) < 4.78 is 0. The number of aryl methyl sites for hydroxylation is 1. The van der Waals surface area contributed by atoms with Crippen molar-refractivity contribution in [2.75, 3.05) is 6.54 Å². The summed E-state index contributed by atoms with van der Waals surface area (Å²) in [5.74, 6) is -0.753. The largest absolute Gasteiger partial charge is 0.369 e. The first-order chi connectivity index (χ1) is 9.90. The highest BCUT2D eigenvalue weighted by molar-refractivity contribution is 5.84. The van der Waals surface area contributed by atoms with Crippen LogP contribution in [0.15, 0.2) is 24.3 Å². The molecule has 2 amide bonds. The van der Waals surface area contributed by atoms with Gasteiger partial charge in [-0.2, -0.15) is 0 Å². The van der Waals surface area contributed by atoms with Gasteiger partial charge in [0, 0.05) is 12.6 Å². The monoisotopic (exact) mass is 289 g/mol. The summed E-state index contributed by atoms with van der Waals surface area (Å²) in [7, 11) is 0. The van der Waals surface area contributed by atoms with Gasteiger partial charge in [-0.1, -0.05) is 29.8 Å². The van der Waals surface area contributed by atoms with Crippen LogP contribution in [0.1, 0.15) is 36.9 Å². The van der Waals surface area contributed by atoms with Gasteiger partial charge in [-0.15, -0.1) is 0 Å². The molecule has 1 aliphatic rings. The van der Waals surface area contributed by atoms with Gasteiger partial charge in [-0.05, 0) is 32.3 Å². The number of primary amides is 1. The highest BCUT2D eigenvalue weighted by Gasteiger charge is 2.34. The van der Waals surface area contributed by atoms with E-state index in [1.54, 1.807) is 4.90 Å². The lowest BCUT2D eigenvalue weighted by molar-refractivity contribution is -0.139. The van der Waals surface area contributed by atoms with Crippen LogP contribution in [0.3, 0.4) is 0 Å². The smallest absolute Gasteiger partial charge is 0.244 e. The van der Waals surface area contributed by atoms with E-state index in [0.717, 1.165) is 24.0 Å². The predicted molar refractivity (Wildman–Crippen MR) is 81.2 cm³/mol. The summed E-state index contributed by atoms with van der Waals surface area (Å²) in [5, 5.41) is 0. The van der Waals surface area contributed by atoms with Crippen LogP contribution >= 0.6 is 0 Å². The Balaban J connectivity index is 2.13. The third kappa shape index (κ3) is 3.42. The van der Waals surface area contributed by atoms with Crippen LogP contribution < -0.4 is 11.5 Å². The number of carbonyl (C=O) groups excluding carboxylic acids is 2. The number of rotatable bonds is 3. The summed E-state index contributed by atoms with van der Waals surface area (Å²) >= 11 is 0. The Morgan fingerprint density at radius 1 is 1.24 bits per heavy atom. The molecule has 3 unspecified atom stereocenters. The standard InChI is InChI=1S/C16H23N3O2/c1-10-3-6-12(7-4-10)14(17)16(21)19-9-13(15(18)20)8-5-11(19)2/h3-4,6-7,11,13-14H,5,8-9,17H2,1-2H3,(H2,18,20). The van der Waals surface area contributed by atoms with E-state index in [4.69, 9.17) is 11.5 Å². The number of nitrogens with zero attached hydrogens (tertiary/aromatic N) is 1. The number of hydrogen-bond acceptors (Lipinski definition) is 3. The number of carbonyl (C=O) groups is 2. The van der Waals surface area contributed by atoms with Crippen molar-refractivity contribution in [3.63, 3.8) is 0 Å². The van der Waals surface area contributed by atoms with E-state index in [0.29, 0.717) is 6.54 Å². The van der Waals surface area contributed by atoms with Crippen LogP contribution in [0.5, 0.6) is 0 Å². The number of likely N-dealkylation sites (tertiary alicyclic amines) is 1. The summed E-state index contributed by atoms with van der Waals surface area (Å²) in [6, 6.07) is 7.02. The van der Waals surface area contributed by atoms with Crippen molar-refractivity contribution >= 4 is 11.8 Å². The molecule has 2 rings (SSSR count). The lowest BCUT2D eigenvalue weighted by Crippen LogP contribution is -2.51. The predicted octanol–water partition coefficient (Wildman–Crippen LogP) is 1.11. The SMILES string of the molecule is Cc1ccc(C(N)C(=O)N2CC(C(N)=O)CCC2C)cc1. The Morgan fingerprint density at radius 3 is 2.43 bits per heavy atom. The second kappa shape index (κ2) is 6.26. The highest BCUT2D eigenvalue weighted by Crippen LogP contribution is 2.25. The molecule has 1 fully saturated rings. The average molecular weight is 289 g/mol. The molecule has 0 saturated carbocycles. The quantitative estimate of drug-likeness (QED) is 0.873. The molecule has 5 nitrogen and oxygen atoms in total. The van der Waals surface area contributed by atoms with Gasteiger partial charge in [0.2, 0.25) is 11.8 Å². The fourth-order valence-corrected chi connectivity index (χ4v) is 2.74. The first kappa shape index (κ1) is 15.5. The molecular formula is C16H23N3O2. The van der Waals surface area contributed by atoms with E-state index in [2.05, 4.69) is 0 Å². The first-order valence-electron chi connectivity index (χ1n) is 7.32. The molecule has 0 radical (unpaired) electrons. The molecule has 0 aromatic heterocycles. The minimum atomic E-state index is -0.695. The van der Waals surface area contributed by atoms with Gasteiger partial charge >= 0.3 is 0 Å². The van der Waals surface area contributed by atoms with E-state index in [9.17, 15) is 9.59 Å². The van der Waals surface area contributed by atoms with Crippen molar-refractivity contribution in [1.29, 1.82) is 0 Å². The minimum Gasteiger partial charge on any atom is -0.369 e. The molecule has 0 spiro atoms. The molecule has 3 atom stereocenters. The Morgan fingerprint density at radius 2 is 1.86 bits per heavy atom. The van der Waals surface area contributed by atoms with Gasteiger partial charge in [-0.3, -0.25) is 9.59 Å². The molecule has 1 saturated heterocycles. The minimum absolute atomic E-state index is 0.0876. The molecule has 0 bridgehead atoms. The van der Waals surface area contributed by atoms with Crippen molar-refractivity contribution in [2.45, 2.75) is 38.8 Å². The Labute approximate surface area is 125 Å². The average Bonchev–Trinajstić information content (AvgIpc) is 2.47. The van der Waals surface area contributed by atoms with E-state index in [1.165, 1.54) is 0 Å². The van der Waals surface area contributed by atoms with E-state index in [-0.39, 0.29) is 23.8 Å². The van der Waals surface area contributed by atoms with Gasteiger partial charge < -0.3 is 16.4 Å². The molecule has 1 aromatic rings. The zero-order chi connectivity index (χ0) is 15.6. The van der Waals surface area contributed by atoms with E-state index in [1.807, 2.05) is 38.1 Å². The van der Waals surface area contributed by atoms with Crippen LogP contribution in [0, 0.1) is 12.8 Å². The maximum absolute atomic E-state index is 12.6. The number of hydrogen-bond donors (Lipinski definition) is 2. The van der Waals surface area contributed by atoms with E-state index < -0.39 is 6.04 Å². The lowest BCUT2D eigenvalue weighted by atomic mass is 9.91. The number of nitrogens with two attached hydrogens (primary N) is 2. The highest BCUT2D eigenvalue weighted by atomic mass is 16.2. The Bertz CT molecular complexity index is 527. The lowest BCUT2D eigenvalue weighted by Gasteiger charge is -2.38. The summed E-state index contributed by atoms with van der Waals surface area (Å²) in [6.45, 7) is 4.34. The summed E-state index contributed by atoms with van der Waals surface area (Å²) in [5.41, 5.74) is 13.4. The third-order valence-electron chi connectivity index (χ3n) is 4.27. The molecule has 1 heterocycles. The molecule has 114 valence electrons. The molecule has 21 heavy (non-hydrogen) atoms. The maximum atomic E-state index is 12.6. The number of benzene rings is 1. The molecule has 4 N–H and O–H groups in total. The molecule has 5 heteroatoms. The Kier molecular flexibility index (Phi) is 4.63. The molecule has 1 aromatic carbocycles. The van der Waals surface area contributed by atoms with Crippen LogP contribution in [-0.2, 0) is 9.59 Å². The van der Waals surface area contributed by atoms with Crippen molar-refractivity contribution in [3.05, 3.63) is 35.4 Å². The van der Waals surface area contributed by atoms with Crippen molar-refractivity contribution in [2.24, 2.45) is 17.4 Å². The van der Waals surface area contributed by atoms with Crippen molar-refractivity contribution < 1.29 is 9.59 Å². The fourth-order valence-electron chi connectivity index (χ4n) is 2.74. The molecule has 1 aliphatic heterocycles. The van der Waals surface area contributed by atoms with Crippen LogP contribution in [0.4, 0.5) is 0 Å². The van der Waals surface area contributed by atoms with Gasteiger partial charge in [-0.25, -0.2) is 0 Å². The van der Waals surface area contributed by atoms with E-state index >= 15 is 0 Å². The van der Waals surface area contributed by atoms with Gasteiger partial charge in [0.05, 0.1) is 5.92 Å².